The summed E-state index contributed by atoms with van der Waals surface area (Å²) in [6.45, 7) is 3.41. The molecule has 1 aliphatic heterocycles. The fourth-order valence-corrected chi connectivity index (χ4v) is 3.94. The first kappa shape index (κ1) is 21.2. The molecule has 2 fully saturated rings. The summed E-state index contributed by atoms with van der Waals surface area (Å²) in [5, 5.41) is 18.0. The third kappa shape index (κ3) is 5.31. The SMILES string of the molecule is CN(C)C(=O)[C@H]1CC[C@H](Nc2nc(NC3(C)CCOCC3)ncc2[N+](=O)[O-])CC1. The molecule has 3 rings (SSSR count). The van der Waals surface area contributed by atoms with Gasteiger partial charge in [-0.1, -0.05) is 0 Å². The van der Waals surface area contributed by atoms with Crippen molar-refractivity contribution in [2.75, 3.05) is 37.9 Å². The Kier molecular flexibility index (Phi) is 6.51. The first-order valence-electron chi connectivity index (χ1n) is 10.1. The van der Waals surface area contributed by atoms with E-state index in [2.05, 4.69) is 27.5 Å². The third-order valence-corrected chi connectivity index (χ3v) is 5.83. The molecule has 2 aliphatic rings. The quantitative estimate of drug-likeness (QED) is 0.545. The van der Waals surface area contributed by atoms with Crippen LogP contribution in [-0.4, -0.2) is 64.6 Å². The van der Waals surface area contributed by atoms with E-state index < -0.39 is 4.92 Å². The van der Waals surface area contributed by atoms with E-state index in [1.54, 1.807) is 19.0 Å². The Hall–Kier alpha value is -2.49. The summed E-state index contributed by atoms with van der Waals surface area (Å²) < 4.78 is 5.41. The van der Waals surface area contributed by atoms with Crippen molar-refractivity contribution in [2.45, 2.75) is 57.0 Å². The van der Waals surface area contributed by atoms with E-state index in [9.17, 15) is 14.9 Å². The van der Waals surface area contributed by atoms with Crippen molar-refractivity contribution in [3.63, 3.8) is 0 Å². The first-order chi connectivity index (χ1) is 13.8. The molecule has 0 aromatic carbocycles. The summed E-state index contributed by atoms with van der Waals surface area (Å²) in [5.41, 5.74) is -0.338. The number of ether oxygens (including phenoxy) is 1. The van der Waals surface area contributed by atoms with Gasteiger partial charge >= 0.3 is 5.69 Å². The van der Waals surface area contributed by atoms with Crippen molar-refractivity contribution >= 4 is 23.4 Å². The summed E-state index contributed by atoms with van der Waals surface area (Å²) in [6, 6.07) is 0.0429. The second-order valence-corrected chi connectivity index (χ2v) is 8.41. The largest absolute Gasteiger partial charge is 0.381 e. The zero-order chi connectivity index (χ0) is 21.0. The molecule has 0 atom stereocenters. The van der Waals surface area contributed by atoms with Crippen molar-refractivity contribution < 1.29 is 14.5 Å². The number of nitro groups is 1. The van der Waals surface area contributed by atoms with Crippen LogP contribution in [0.25, 0.3) is 0 Å². The first-order valence-corrected chi connectivity index (χ1v) is 10.1. The average molecular weight is 406 g/mol. The highest BCUT2D eigenvalue weighted by Gasteiger charge is 2.31. The molecule has 1 aromatic rings. The van der Waals surface area contributed by atoms with Gasteiger partial charge in [-0.2, -0.15) is 4.98 Å². The number of rotatable bonds is 6. The molecule has 29 heavy (non-hydrogen) atoms. The van der Waals surface area contributed by atoms with Gasteiger partial charge in [0.2, 0.25) is 17.7 Å². The van der Waals surface area contributed by atoms with Gasteiger partial charge in [-0.05, 0) is 45.4 Å². The zero-order valence-electron chi connectivity index (χ0n) is 17.3. The molecule has 1 saturated heterocycles. The number of nitrogens with one attached hydrogen (secondary N) is 2. The number of hydrogen-bond donors (Lipinski definition) is 2. The lowest BCUT2D eigenvalue weighted by molar-refractivity contribution is -0.384. The topological polar surface area (TPSA) is 123 Å². The Balaban J connectivity index is 1.69. The summed E-state index contributed by atoms with van der Waals surface area (Å²) in [5.74, 6) is 0.770. The molecule has 2 N–H and O–H groups in total. The van der Waals surface area contributed by atoms with Crippen LogP contribution in [0, 0.1) is 16.0 Å². The number of nitrogens with zero attached hydrogens (tertiary/aromatic N) is 4. The predicted octanol–water partition coefficient (Wildman–Crippen LogP) is 2.42. The molecule has 1 saturated carbocycles. The van der Waals surface area contributed by atoms with Crippen molar-refractivity contribution in [1.29, 1.82) is 0 Å². The minimum absolute atomic E-state index is 0.0223. The Morgan fingerprint density at radius 3 is 2.52 bits per heavy atom. The van der Waals surface area contributed by atoms with Gasteiger partial charge in [0, 0.05) is 44.8 Å². The maximum Gasteiger partial charge on any atom is 0.329 e. The van der Waals surface area contributed by atoms with Crippen LogP contribution >= 0.6 is 0 Å². The summed E-state index contributed by atoms with van der Waals surface area (Å²) in [6.07, 6.45) is 5.95. The predicted molar refractivity (Wildman–Crippen MR) is 109 cm³/mol. The van der Waals surface area contributed by atoms with Crippen LogP contribution in [0.15, 0.2) is 6.20 Å². The Morgan fingerprint density at radius 2 is 1.93 bits per heavy atom. The standard InChI is InChI=1S/C19H30N6O4/c1-19(8-10-29-11-9-19)23-18-20-12-15(25(27)28)16(22-18)21-14-6-4-13(5-7-14)17(26)24(2)3/h12-14H,4-11H2,1-3H3,(H2,20,21,22,23)/t13-,14-. The van der Waals surface area contributed by atoms with Crippen LogP contribution in [0.2, 0.25) is 0 Å². The Labute approximate surface area is 170 Å². The molecular weight excluding hydrogens is 376 g/mol. The van der Waals surface area contributed by atoms with E-state index in [1.807, 2.05) is 0 Å². The van der Waals surface area contributed by atoms with E-state index in [0.29, 0.717) is 19.2 Å². The second kappa shape index (κ2) is 8.89. The number of hydrogen-bond acceptors (Lipinski definition) is 8. The molecule has 1 aliphatic carbocycles. The lowest BCUT2D eigenvalue weighted by Gasteiger charge is -2.34. The highest BCUT2D eigenvalue weighted by atomic mass is 16.6. The number of carbonyl (C=O) groups is 1. The van der Waals surface area contributed by atoms with Gasteiger partial charge in [0.15, 0.2) is 0 Å². The molecule has 2 heterocycles. The van der Waals surface area contributed by atoms with Crippen molar-refractivity contribution in [3.05, 3.63) is 16.3 Å². The Bertz CT molecular complexity index is 742. The van der Waals surface area contributed by atoms with Gasteiger partial charge in [0.1, 0.15) is 6.20 Å². The van der Waals surface area contributed by atoms with Crippen LogP contribution in [0.4, 0.5) is 17.5 Å². The molecule has 0 bridgehead atoms. The van der Waals surface area contributed by atoms with Crippen LogP contribution in [0.5, 0.6) is 0 Å². The highest BCUT2D eigenvalue weighted by molar-refractivity contribution is 5.78. The lowest BCUT2D eigenvalue weighted by atomic mass is 9.85. The lowest BCUT2D eigenvalue weighted by Crippen LogP contribution is -2.41. The van der Waals surface area contributed by atoms with Crippen LogP contribution in [0.3, 0.4) is 0 Å². The van der Waals surface area contributed by atoms with E-state index in [-0.39, 0.29) is 34.9 Å². The molecule has 160 valence electrons. The smallest absolute Gasteiger partial charge is 0.329 e. The van der Waals surface area contributed by atoms with Gasteiger partial charge in [0.25, 0.3) is 0 Å². The molecular formula is C19H30N6O4. The van der Waals surface area contributed by atoms with Gasteiger partial charge in [-0.3, -0.25) is 14.9 Å². The molecule has 10 nitrogen and oxygen atoms in total. The van der Waals surface area contributed by atoms with Crippen LogP contribution < -0.4 is 10.6 Å². The maximum atomic E-state index is 12.1. The third-order valence-electron chi connectivity index (χ3n) is 5.83. The molecule has 0 unspecified atom stereocenters. The highest BCUT2D eigenvalue weighted by Crippen LogP contribution is 2.31. The van der Waals surface area contributed by atoms with Crippen molar-refractivity contribution in [1.82, 2.24) is 14.9 Å². The summed E-state index contributed by atoms with van der Waals surface area (Å²) in [4.78, 5) is 33.3. The van der Waals surface area contributed by atoms with Crippen LogP contribution in [-0.2, 0) is 9.53 Å². The number of amides is 1. The molecule has 0 spiro atoms. The van der Waals surface area contributed by atoms with E-state index >= 15 is 0 Å². The minimum Gasteiger partial charge on any atom is -0.381 e. The zero-order valence-corrected chi connectivity index (χ0v) is 17.3. The van der Waals surface area contributed by atoms with Crippen molar-refractivity contribution in [3.8, 4) is 0 Å². The Morgan fingerprint density at radius 1 is 1.28 bits per heavy atom. The van der Waals surface area contributed by atoms with Crippen molar-refractivity contribution in [2.24, 2.45) is 5.92 Å². The molecule has 1 amide bonds. The molecule has 0 radical (unpaired) electrons. The van der Waals surface area contributed by atoms with Gasteiger partial charge < -0.3 is 20.3 Å². The average Bonchev–Trinajstić information content (AvgIpc) is 2.68. The van der Waals surface area contributed by atoms with Gasteiger partial charge in [0.05, 0.1) is 4.92 Å². The maximum absolute atomic E-state index is 12.1. The van der Waals surface area contributed by atoms with Crippen LogP contribution in [0.1, 0.15) is 45.4 Å². The number of anilines is 2. The van der Waals surface area contributed by atoms with E-state index in [1.165, 1.54) is 6.20 Å². The van der Waals surface area contributed by atoms with E-state index in [0.717, 1.165) is 38.5 Å². The van der Waals surface area contributed by atoms with Gasteiger partial charge in [-0.15, -0.1) is 0 Å². The fraction of sp³-hybridized carbons (Fsp3) is 0.737. The number of aromatic nitrogens is 2. The number of carbonyl (C=O) groups excluding carboxylic acids is 1. The van der Waals surface area contributed by atoms with E-state index in [4.69, 9.17) is 4.74 Å². The monoisotopic (exact) mass is 406 g/mol. The van der Waals surface area contributed by atoms with Gasteiger partial charge in [-0.25, -0.2) is 4.98 Å². The summed E-state index contributed by atoms with van der Waals surface area (Å²) >= 11 is 0. The summed E-state index contributed by atoms with van der Waals surface area (Å²) in [7, 11) is 3.54. The normalized spacial score (nSPS) is 23.8. The molecule has 10 heteroatoms. The second-order valence-electron chi connectivity index (χ2n) is 8.41. The minimum atomic E-state index is -0.469. The molecule has 1 aromatic heterocycles. The fourth-order valence-electron chi connectivity index (χ4n) is 3.94.